The maximum atomic E-state index is 13.4. The minimum atomic E-state index is -4.71. The normalized spacial score (nSPS) is 19.8. The van der Waals surface area contributed by atoms with E-state index in [0.717, 1.165) is 12.0 Å². The van der Waals surface area contributed by atoms with Gasteiger partial charge in [-0.15, -0.1) is 5.10 Å². The minimum absolute atomic E-state index is 0.0261. The molecule has 2 saturated heterocycles. The summed E-state index contributed by atoms with van der Waals surface area (Å²) in [5, 5.41) is 13.5. The molecule has 2 unspecified atom stereocenters. The SMILES string of the molecule is COc1ccc(-n2nnnc2C(F)(F)F)cc1CNC1CCN(CC(=O)N2CCN(C(C)=O)CC2)CC1c1ccccc1. The number of ether oxygens (including phenoxy) is 1. The number of benzene rings is 2. The summed E-state index contributed by atoms with van der Waals surface area (Å²) in [5.74, 6) is -0.518. The molecule has 0 saturated carbocycles. The van der Waals surface area contributed by atoms with Gasteiger partial charge in [0.1, 0.15) is 5.75 Å². The van der Waals surface area contributed by atoms with Crippen molar-refractivity contribution >= 4 is 11.8 Å². The number of nitrogens with zero attached hydrogens (tertiary/aromatic N) is 7. The van der Waals surface area contributed by atoms with Crippen molar-refractivity contribution in [2.24, 2.45) is 0 Å². The molecule has 43 heavy (non-hydrogen) atoms. The number of aromatic nitrogens is 4. The van der Waals surface area contributed by atoms with E-state index in [2.05, 4.69) is 37.9 Å². The van der Waals surface area contributed by atoms with E-state index in [1.54, 1.807) is 24.0 Å². The lowest BCUT2D eigenvalue weighted by Gasteiger charge is -2.40. The zero-order valence-corrected chi connectivity index (χ0v) is 24.1. The molecular formula is C29H35F3N8O3. The molecule has 2 fully saturated rings. The van der Waals surface area contributed by atoms with Gasteiger partial charge in [-0.1, -0.05) is 30.3 Å². The van der Waals surface area contributed by atoms with Gasteiger partial charge < -0.3 is 19.9 Å². The zero-order chi connectivity index (χ0) is 30.6. The predicted molar refractivity (Wildman–Crippen MR) is 150 cm³/mol. The second-order valence-corrected chi connectivity index (χ2v) is 10.8. The lowest BCUT2D eigenvalue weighted by Crippen LogP contribution is -2.54. The topological polar surface area (TPSA) is 109 Å². The fourth-order valence-corrected chi connectivity index (χ4v) is 5.82. The number of methoxy groups -OCH3 is 1. The second kappa shape index (κ2) is 13.1. The third kappa shape index (κ3) is 7.13. The van der Waals surface area contributed by atoms with E-state index in [-0.39, 0.29) is 29.5 Å². The molecule has 2 aliphatic heterocycles. The summed E-state index contributed by atoms with van der Waals surface area (Å²) in [5.41, 5.74) is 1.97. The molecule has 2 atom stereocenters. The molecule has 0 bridgehead atoms. The molecule has 3 heterocycles. The number of hydrogen-bond acceptors (Lipinski definition) is 8. The Balaban J connectivity index is 1.28. The number of amides is 2. The molecule has 2 aliphatic rings. The van der Waals surface area contributed by atoms with Gasteiger partial charge in [0.15, 0.2) is 0 Å². The van der Waals surface area contributed by atoms with Crippen molar-refractivity contribution in [1.82, 2.24) is 40.2 Å². The van der Waals surface area contributed by atoms with Gasteiger partial charge in [-0.05, 0) is 40.6 Å². The molecule has 0 radical (unpaired) electrons. The van der Waals surface area contributed by atoms with E-state index < -0.39 is 12.0 Å². The van der Waals surface area contributed by atoms with Gasteiger partial charge in [0.25, 0.3) is 5.82 Å². The monoisotopic (exact) mass is 600 g/mol. The molecule has 2 amide bonds. The van der Waals surface area contributed by atoms with E-state index in [1.165, 1.54) is 13.2 Å². The maximum Gasteiger partial charge on any atom is 0.453 e. The first-order valence-corrected chi connectivity index (χ1v) is 14.2. The summed E-state index contributed by atoms with van der Waals surface area (Å²) in [6.07, 6.45) is -3.94. The minimum Gasteiger partial charge on any atom is -0.496 e. The third-order valence-corrected chi connectivity index (χ3v) is 8.15. The van der Waals surface area contributed by atoms with Crippen LogP contribution < -0.4 is 10.1 Å². The highest BCUT2D eigenvalue weighted by atomic mass is 19.4. The van der Waals surface area contributed by atoms with Gasteiger partial charge >= 0.3 is 6.18 Å². The lowest BCUT2D eigenvalue weighted by molar-refractivity contribution is -0.146. The van der Waals surface area contributed by atoms with Crippen molar-refractivity contribution < 1.29 is 27.5 Å². The van der Waals surface area contributed by atoms with Crippen LogP contribution in [0.25, 0.3) is 5.69 Å². The van der Waals surface area contributed by atoms with E-state index in [9.17, 15) is 22.8 Å². The van der Waals surface area contributed by atoms with Gasteiger partial charge in [-0.3, -0.25) is 14.5 Å². The molecular weight excluding hydrogens is 565 g/mol. The number of halogens is 3. The average molecular weight is 601 g/mol. The van der Waals surface area contributed by atoms with Crippen molar-refractivity contribution in [3.05, 3.63) is 65.5 Å². The van der Waals surface area contributed by atoms with Crippen molar-refractivity contribution in [1.29, 1.82) is 0 Å². The van der Waals surface area contributed by atoms with Crippen LogP contribution in [0.1, 0.15) is 36.2 Å². The summed E-state index contributed by atoms with van der Waals surface area (Å²) < 4.78 is 46.5. The standard InChI is InChI=1S/C29H35F3N8O3/c1-20(41)38-12-14-39(15-13-38)27(42)19-37-11-10-25(24(18-37)21-6-4-3-5-7-21)33-17-22-16-23(8-9-26(22)43-2)40-28(29(30,31)32)34-35-36-40/h3-9,16,24-25,33H,10-15,17-19H2,1-2H3. The lowest BCUT2D eigenvalue weighted by atomic mass is 9.85. The molecule has 14 heteroatoms. The van der Waals surface area contributed by atoms with Crippen molar-refractivity contribution in [2.75, 3.05) is 52.9 Å². The smallest absolute Gasteiger partial charge is 0.453 e. The van der Waals surface area contributed by atoms with Crippen molar-refractivity contribution in [2.45, 2.75) is 38.0 Å². The number of carbonyl (C=O) groups excluding carboxylic acids is 2. The number of piperazine rings is 1. The van der Waals surface area contributed by atoms with Crippen LogP contribution in [0.3, 0.4) is 0 Å². The Labute approximate surface area is 247 Å². The number of carbonyl (C=O) groups is 2. The second-order valence-electron chi connectivity index (χ2n) is 10.8. The van der Waals surface area contributed by atoms with Crippen LogP contribution in [-0.4, -0.2) is 106 Å². The Kier molecular flexibility index (Phi) is 9.25. The number of rotatable bonds is 8. The molecule has 3 aromatic rings. The first-order chi connectivity index (χ1) is 20.6. The van der Waals surface area contributed by atoms with Gasteiger partial charge in [0, 0.05) is 70.3 Å². The van der Waals surface area contributed by atoms with Crippen LogP contribution in [0, 0.1) is 0 Å². The summed E-state index contributed by atoms with van der Waals surface area (Å²) >= 11 is 0. The highest BCUT2D eigenvalue weighted by molar-refractivity contribution is 5.79. The fraction of sp³-hybridized carbons (Fsp3) is 0.483. The van der Waals surface area contributed by atoms with Gasteiger partial charge in [-0.25, -0.2) is 0 Å². The molecule has 230 valence electrons. The summed E-state index contributed by atoms with van der Waals surface area (Å²) in [6.45, 7) is 5.74. The van der Waals surface area contributed by atoms with Crippen LogP contribution in [-0.2, 0) is 22.3 Å². The average Bonchev–Trinajstić information content (AvgIpc) is 3.52. The number of likely N-dealkylation sites (tertiary alicyclic amines) is 1. The van der Waals surface area contributed by atoms with Gasteiger partial charge in [0.05, 0.1) is 19.3 Å². The molecule has 1 N–H and O–H groups in total. The number of nitrogens with one attached hydrogen (secondary N) is 1. The Bertz CT molecular complexity index is 1410. The number of alkyl halides is 3. The highest BCUT2D eigenvalue weighted by Gasteiger charge is 2.38. The van der Waals surface area contributed by atoms with Crippen molar-refractivity contribution in [3.8, 4) is 11.4 Å². The number of piperidine rings is 1. The molecule has 5 rings (SSSR count). The van der Waals surface area contributed by atoms with Gasteiger partial charge in [-0.2, -0.15) is 17.9 Å². The van der Waals surface area contributed by atoms with Crippen LogP contribution in [0.15, 0.2) is 48.5 Å². The summed E-state index contributed by atoms with van der Waals surface area (Å²) in [7, 11) is 1.51. The van der Waals surface area contributed by atoms with Crippen LogP contribution >= 0.6 is 0 Å². The summed E-state index contributed by atoms with van der Waals surface area (Å²) in [6, 6.07) is 14.8. The van der Waals surface area contributed by atoms with Crippen molar-refractivity contribution in [3.63, 3.8) is 0 Å². The fourth-order valence-electron chi connectivity index (χ4n) is 5.82. The largest absolute Gasteiger partial charge is 0.496 e. The van der Waals surface area contributed by atoms with Crippen LogP contribution in [0.2, 0.25) is 0 Å². The zero-order valence-electron chi connectivity index (χ0n) is 24.1. The Morgan fingerprint density at radius 2 is 1.74 bits per heavy atom. The van der Waals surface area contributed by atoms with E-state index in [1.807, 2.05) is 23.1 Å². The molecule has 1 aromatic heterocycles. The Hall–Kier alpha value is -4.04. The number of tetrazole rings is 1. The molecule has 0 spiro atoms. The molecule has 0 aliphatic carbocycles. The highest BCUT2D eigenvalue weighted by Crippen LogP contribution is 2.31. The van der Waals surface area contributed by atoms with E-state index in [0.29, 0.717) is 68.4 Å². The van der Waals surface area contributed by atoms with Gasteiger partial charge in [0.2, 0.25) is 11.8 Å². The van der Waals surface area contributed by atoms with Crippen LogP contribution in [0.5, 0.6) is 5.75 Å². The Morgan fingerprint density at radius 1 is 1.02 bits per heavy atom. The first kappa shape index (κ1) is 30.4. The quantitative estimate of drug-likeness (QED) is 0.420. The molecule has 11 nitrogen and oxygen atoms in total. The summed E-state index contributed by atoms with van der Waals surface area (Å²) in [4.78, 5) is 30.5. The third-order valence-electron chi connectivity index (χ3n) is 8.15. The number of hydrogen-bond donors (Lipinski definition) is 1. The predicted octanol–water partition coefficient (Wildman–Crippen LogP) is 2.33. The maximum absolute atomic E-state index is 13.4. The Morgan fingerprint density at radius 3 is 2.42 bits per heavy atom. The van der Waals surface area contributed by atoms with E-state index >= 15 is 0 Å². The molecule has 2 aromatic carbocycles. The van der Waals surface area contributed by atoms with E-state index in [4.69, 9.17) is 4.74 Å². The first-order valence-electron chi connectivity index (χ1n) is 14.2. The van der Waals surface area contributed by atoms with Crippen LogP contribution in [0.4, 0.5) is 13.2 Å².